The molecule has 6 rings (SSSR count). The van der Waals surface area contributed by atoms with E-state index < -0.39 is 0 Å². The predicted octanol–water partition coefficient (Wildman–Crippen LogP) is 3.79. The maximum Gasteiger partial charge on any atom is 0.278 e. The third-order valence-electron chi connectivity index (χ3n) is 4.96. The number of imidazole rings is 2. The summed E-state index contributed by atoms with van der Waals surface area (Å²) in [4.78, 5) is 13.8. The number of benzene rings is 1. The molecule has 0 unspecified atom stereocenters. The van der Waals surface area contributed by atoms with Crippen molar-refractivity contribution < 1.29 is 4.52 Å². The molecule has 0 saturated heterocycles. The van der Waals surface area contributed by atoms with Gasteiger partial charge in [0.05, 0.1) is 23.5 Å². The highest BCUT2D eigenvalue weighted by Crippen LogP contribution is 2.40. The SMILES string of the molecule is Brc1cccc2c1-c1nccn1Cc1c(-c3nc(C4CC4)no3)ncn1-2. The Kier molecular flexibility index (Phi) is 2.85. The molecular formula is C18H13BrN6O. The van der Waals surface area contributed by atoms with Gasteiger partial charge in [-0.2, -0.15) is 4.98 Å². The van der Waals surface area contributed by atoms with Crippen molar-refractivity contribution in [2.75, 3.05) is 0 Å². The van der Waals surface area contributed by atoms with Crippen molar-refractivity contribution in [1.82, 2.24) is 29.2 Å². The van der Waals surface area contributed by atoms with Crippen LogP contribution in [0.25, 0.3) is 28.7 Å². The Labute approximate surface area is 156 Å². The zero-order valence-electron chi connectivity index (χ0n) is 13.6. The Morgan fingerprint density at radius 1 is 1.19 bits per heavy atom. The second kappa shape index (κ2) is 5.14. The van der Waals surface area contributed by atoms with Gasteiger partial charge in [0.2, 0.25) is 0 Å². The van der Waals surface area contributed by atoms with Gasteiger partial charge in [0.15, 0.2) is 11.5 Å². The van der Waals surface area contributed by atoms with Gasteiger partial charge in [-0.05, 0) is 40.9 Å². The maximum atomic E-state index is 5.53. The smallest absolute Gasteiger partial charge is 0.278 e. The van der Waals surface area contributed by atoms with E-state index in [-0.39, 0.29) is 0 Å². The number of fused-ring (bicyclic) bond motifs is 5. The zero-order chi connectivity index (χ0) is 17.3. The lowest BCUT2D eigenvalue weighted by Gasteiger charge is -2.09. The van der Waals surface area contributed by atoms with E-state index in [0.29, 0.717) is 18.4 Å². The second-order valence-corrected chi connectivity index (χ2v) is 7.51. The summed E-state index contributed by atoms with van der Waals surface area (Å²) in [7, 11) is 0. The number of aromatic nitrogens is 6. The van der Waals surface area contributed by atoms with E-state index in [1.807, 2.05) is 30.9 Å². The molecule has 4 aromatic rings. The van der Waals surface area contributed by atoms with Crippen LogP contribution in [0.1, 0.15) is 30.3 Å². The van der Waals surface area contributed by atoms with Crippen LogP contribution < -0.4 is 0 Å². The van der Waals surface area contributed by atoms with E-state index in [0.717, 1.165) is 51.6 Å². The van der Waals surface area contributed by atoms with Crippen LogP contribution in [0.2, 0.25) is 0 Å². The number of rotatable bonds is 2. The lowest BCUT2D eigenvalue weighted by Crippen LogP contribution is -2.03. The molecule has 0 N–H and O–H groups in total. The molecule has 1 saturated carbocycles. The monoisotopic (exact) mass is 408 g/mol. The average Bonchev–Trinajstić information content (AvgIpc) is 3.05. The number of nitrogens with zero attached hydrogens (tertiary/aromatic N) is 6. The van der Waals surface area contributed by atoms with Crippen LogP contribution in [-0.4, -0.2) is 29.2 Å². The molecule has 0 amide bonds. The number of hydrogen-bond donors (Lipinski definition) is 0. The van der Waals surface area contributed by atoms with Gasteiger partial charge in [0.1, 0.15) is 12.2 Å². The van der Waals surface area contributed by atoms with E-state index in [9.17, 15) is 0 Å². The van der Waals surface area contributed by atoms with Crippen molar-refractivity contribution in [3.05, 3.63) is 52.9 Å². The molecule has 128 valence electrons. The zero-order valence-corrected chi connectivity index (χ0v) is 15.2. The van der Waals surface area contributed by atoms with Gasteiger partial charge in [0, 0.05) is 22.8 Å². The quantitative estimate of drug-likeness (QED) is 0.444. The fourth-order valence-electron chi connectivity index (χ4n) is 3.51. The largest absolute Gasteiger partial charge is 0.332 e. The molecule has 0 atom stereocenters. The van der Waals surface area contributed by atoms with Crippen LogP contribution in [0.3, 0.4) is 0 Å². The predicted molar refractivity (Wildman–Crippen MR) is 96.9 cm³/mol. The maximum absolute atomic E-state index is 5.53. The molecule has 8 heteroatoms. The van der Waals surface area contributed by atoms with Crippen LogP contribution >= 0.6 is 15.9 Å². The number of hydrogen-bond acceptors (Lipinski definition) is 5. The highest BCUT2D eigenvalue weighted by molar-refractivity contribution is 9.10. The molecule has 7 nitrogen and oxygen atoms in total. The Morgan fingerprint density at radius 3 is 3.00 bits per heavy atom. The first-order valence-electron chi connectivity index (χ1n) is 8.50. The van der Waals surface area contributed by atoms with Crippen molar-refractivity contribution in [3.8, 4) is 28.7 Å². The summed E-state index contributed by atoms with van der Waals surface area (Å²) in [6.07, 6.45) is 7.90. The minimum Gasteiger partial charge on any atom is -0.332 e. The van der Waals surface area contributed by atoms with Crippen LogP contribution in [-0.2, 0) is 6.54 Å². The van der Waals surface area contributed by atoms with E-state index in [4.69, 9.17) is 4.52 Å². The van der Waals surface area contributed by atoms with Gasteiger partial charge in [-0.1, -0.05) is 11.2 Å². The van der Waals surface area contributed by atoms with Crippen molar-refractivity contribution in [3.63, 3.8) is 0 Å². The molecule has 4 heterocycles. The van der Waals surface area contributed by atoms with Gasteiger partial charge in [0.25, 0.3) is 5.89 Å². The minimum absolute atomic E-state index is 0.450. The topological polar surface area (TPSA) is 74.6 Å². The van der Waals surface area contributed by atoms with Crippen molar-refractivity contribution in [2.24, 2.45) is 0 Å². The number of halogens is 1. The summed E-state index contributed by atoms with van der Waals surface area (Å²) in [6.45, 7) is 0.632. The summed E-state index contributed by atoms with van der Waals surface area (Å²) < 4.78 is 10.7. The van der Waals surface area contributed by atoms with Gasteiger partial charge in [-0.15, -0.1) is 0 Å². The third-order valence-corrected chi connectivity index (χ3v) is 5.62. The second-order valence-electron chi connectivity index (χ2n) is 6.65. The molecule has 3 aromatic heterocycles. The normalized spacial score (nSPS) is 15.3. The van der Waals surface area contributed by atoms with Crippen LogP contribution in [0.5, 0.6) is 0 Å². The first-order valence-corrected chi connectivity index (χ1v) is 9.29. The molecule has 0 spiro atoms. The molecular weight excluding hydrogens is 396 g/mol. The molecule has 0 radical (unpaired) electrons. The summed E-state index contributed by atoms with van der Waals surface area (Å²) in [5.74, 6) is 2.65. The Balaban J connectivity index is 1.59. The lowest BCUT2D eigenvalue weighted by molar-refractivity contribution is 0.421. The van der Waals surface area contributed by atoms with E-state index in [2.05, 4.69) is 51.2 Å². The van der Waals surface area contributed by atoms with E-state index >= 15 is 0 Å². The minimum atomic E-state index is 0.450. The van der Waals surface area contributed by atoms with Crippen LogP contribution in [0, 0.1) is 0 Å². The molecule has 2 aliphatic rings. The van der Waals surface area contributed by atoms with Gasteiger partial charge < -0.3 is 9.09 Å². The summed E-state index contributed by atoms with van der Waals surface area (Å²) in [5, 5.41) is 4.14. The van der Waals surface area contributed by atoms with Crippen molar-refractivity contribution in [1.29, 1.82) is 0 Å². The molecule has 26 heavy (non-hydrogen) atoms. The van der Waals surface area contributed by atoms with Gasteiger partial charge in [-0.25, -0.2) is 9.97 Å². The highest BCUT2D eigenvalue weighted by Gasteiger charge is 2.31. The lowest BCUT2D eigenvalue weighted by atomic mass is 10.1. The van der Waals surface area contributed by atoms with Crippen LogP contribution in [0.15, 0.2) is 45.9 Å². The Bertz CT molecular complexity index is 1150. The summed E-state index contributed by atoms with van der Waals surface area (Å²) in [6, 6.07) is 6.12. The fourth-order valence-corrected chi connectivity index (χ4v) is 4.04. The Hall–Kier alpha value is -2.74. The van der Waals surface area contributed by atoms with Crippen molar-refractivity contribution >= 4 is 15.9 Å². The van der Waals surface area contributed by atoms with E-state index in [1.54, 1.807) is 0 Å². The van der Waals surface area contributed by atoms with Crippen LogP contribution in [0.4, 0.5) is 0 Å². The first-order chi connectivity index (χ1) is 12.8. The van der Waals surface area contributed by atoms with Crippen molar-refractivity contribution in [2.45, 2.75) is 25.3 Å². The van der Waals surface area contributed by atoms with Gasteiger partial charge in [-0.3, -0.25) is 4.57 Å². The molecule has 1 aromatic carbocycles. The Morgan fingerprint density at radius 2 is 2.12 bits per heavy atom. The summed E-state index contributed by atoms with van der Waals surface area (Å²) in [5.41, 5.74) is 3.81. The first kappa shape index (κ1) is 14.4. The molecule has 1 aliphatic heterocycles. The summed E-state index contributed by atoms with van der Waals surface area (Å²) >= 11 is 3.67. The average molecular weight is 409 g/mol. The fraction of sp³-hybridized carbons (Fsp3) is 0.222. The van der Waals surface area contributed by atoms with E-state index in [1.165, 1.54) is 0 Å². The standard InChI is InChI=1S/C18H13BrN6O/c19-11-2-1-3-12-14(11)17-20-6-7-24(17)8-13-15(21-9-25(12)13)18-22-16(23-26-18)10-4-5-10/h1-3,6-7,9-10H,4-5,8H2. The third kappa shape index (κ3) is 1.99. The molecule has 1 aliphatic carbocycles. The molecule has 0 bridgehead atoms. The van der Waals surface area contributed by atoms with Gasteiger partial charge >= 0.3 is 0 Å². The molecule has 1 fully saturated rings. The highest BCUT2D eigenvalue weighted by atomic mass is 79.9.